The summed E-state index contributed by atoms with van der Waals surface area (Å²) in [7, 11) is 0. The van der Waals surface area contributed by atoms with Gasteiger partial charge in [-0.05, 0) is 46.3 Å². The summed E-state index contributed by atoms with van der Waals surface area (Å²) in [6.07, 6.45) is 1.51. The van der Waals surface area contributed by atoms with E-state index in [2.05, 4.69) is 20.9 Å². The summed E-state index contributed by atoms with van der Waals surface area (Å²) < 4.78 is 6.37. The Morgan fingerprint density at radius 1 is 1.33 bits per heavy atom. The molecule has 0 aliphatic heterocycles. The first kappa shape index (κ1) is 12.9. The number of ether oxygens (including phenoxy) is 1. The number of pyridine rings is 1. The van der Waals surface area contributed by atoms with Crippen LogP contribution in [0, 0.1) is 5.41 Å². The van der Waals surface area contributed by atoms with Crippen LogP contribution in [0.4, 0.5) is 0 Å². The van der Waals surface area contributed by atoms with Gasteiger partial charge in [0.25, 0.3) is 0 Å². The summed E-state index contributed by atoms with van der Waals surface area (Å²) in [5, 5.41) is 7.86. The zero-order valence-electron chi connectivity index (χ0n) is 9.15. The van der Waals surface area contributed by atoms with Crippen LogP contribution in [0.2, 0.25) is 5.02 Å². The third kappa shape index (κ3) is 3.00. The second kappa shape index (κ2) is 5.37. The summed E-state index contributed by atoms with van der Waals surface area (Å²) in [6.45, 7) is 0. The number of benzene rings is 1. The van der Waals surface area contributed by atoms with Crippen LogP contribution in [0.3, 0.4) is 0 Å². The fraction of sp³-hybridized carbons (Fsp3) is 0. The van der Waals surface area contributed by atoms with E-state index in [1.807, 2.05) is 0 Å². The lowest BCUT2D eigenvalue weighted by atomic mass is 10.3. The van der Waals surface area contributed by atoms with Crippen molar-refractivity contribution in [1.29, 1.82) is 5.41 Å². The molecule has 0 saturated heterocycles. The molecule has 0 amide bonds. The molecule has 0 atom stereocenters. The van der Waals surface area contributed by atoms with E-state index in [1.54, 1.807) is 30.3 Å². The Morgan fingerprint density at radius 3 is 2.67 bits per heavy atom. The van der Waals surface area contributed by atoms with E-state index in [0.29, 0.717) is 22.2 Å². The Labute approximate surface area is 117 Å². The smallest absolute Gasteiger partial charge is 0.145 e. The van der Waals surface area contributed by atoms with E-state index in [4.69, 9.17) is 27.5 Å². The molecule has 3 N–H and O–H groups in total. The molecule has 4 nitrogen and oxygen atoms in total. The molecule has 1 aromatic heterocycles. The van der Waals surface area contributed by atoms with Gasteiger partial charge in [-0.25, -0.2) is 4.98 Å². The van der Waals surface area contributed by atoms with Crippen LogP contribution in [-0.4, -0.2) is 10.8 Å². The van der Waals surface area contributed by atoms with Gasteiger partial charge in [-0.1, -0.05) is 11.6 Å². The van der Waals surface area contributed by atoms with Crippen LogP contribution in [0.25, 0.3) is 0 Å². The number of nitrogens with zero attached hydrogens (tertiary/aromatic N) is 1. The van der Waals surface area contributed by atoms with Gasteiger partial charge in [-0.2, -0.15) is 0 Å². The van der Waals surface area contributed by atoms with Crippen LogP contribution in [-0.2, 0) is 0 Å². The Balaban J connectivity index is 2.21. The van der Waals surface area contributed by atoms with Gasteiger partial charge in [-0.3, -0.25) is 5.41 Å². The normalized spacial score (nSPS) is 10.1. The van der Waals surface area contributed by atoms with Crippen molar-refractivity contribution in [1.82, 2.24) is 4.98 Å². The van der Waals surface area contributed by atoms with Crippen molar-refractivity contribution in [2.45, 2.75) is 0 Å². The largest absolute Gasteiger partial charge is 0.455 e. The first-order valence-electron chi connectivity index (χ1n) is 4.99. The molecule has 0 radical (unpaired) electrons. The van der Waals surface area contributed by atoms with Crippen molar-refractivity contribution in [3.63, 3.8) is 0 Å². The maximum absolute atomic E-state index is 7.24. The summed E-state index contributed by atoms with van der Waals surface area (Å²) in [6, 6.07) is 8.56. The van der Waals surface area contributed by atoms with E-state index in [9.17, 15) is 0 Å². The monoisotopic (exact) mass is 325 g/mol. The third-order valence-electron chi connectivity index (χ3n) is 2.13. The minimum Gasteiger partial charge on any atom is -0.455 e. The lowest BCUT2D eigenvalue weighted by Crippen LogP contribution is -2.12. The third-order valence-corrected chi connectivity index (χ3v) is 2.99. The van der Waals surface area contributed by atoms with Crippen LogP contribution in [0.5, 0.6) is 11.5 Å². The highest BCUT2D eigenvalue weighted by atomic mass is 79.9. The van der Waals surface area contributed by atoms with Gasteiger partial charge in [0.15, 0.2) is 0 Å². The maximum Gasteiger partial charge on any atom is 0.145 e. The second-order valence-corrected chi connectivity index (χ2v) is 4.76. The molecule has 1 aromatic carbocycles. The first-order chi connectivity index (χ1) is 8.56. The van der Waals surface area contributed by atoms with Crippen LogP contribution in [0.15, 0.2) is 41.0 Å². The lowest BCUT2D eigenvalue weighted by molar-refractivity contribution is 0.477. The van der Waals surface area contributed by atoms with E-state index in [-0.39, 0.29) is 5.84 Å². The number of halogens is 2. The maximum atomic E-state index is 7.24. The predicted molar refractivity (Wildman–Crippen MR) is 74.5 cm³/mol. The van der Waals surface area contributed by atoms with Crippen molar-refractivity contribution in [2.75, 3.05) is 0 Å². The van der Waals surface area contributed by atoms with Crippen molar-refractivity contribution in [3.8, 4) is 11.5 Å². The Hall–Kier alpha value is -1.59. The second-order valence-electron chi connectivity index (χ2n) is 3.47. The first-order valence-corrected chi connectivity index (χ1v) is 6.17. The highest BCUT2D eigenvalue weighted by Crippen LogP contribution is 2.31. The molecule has 2 rings (SSSR count). The van der Waals surface area contributed by atoms with Crippen LogP contribution >= 0.6 is 27.5 Å². The number of hydrogen-bond acceptors (Lipinski definition) is 3. The van der Waals surface area contributed by atoms with Crippen molar-refractivity contribution < 1.29 is 4.74 Å². The van der Waals surface area contributed by atoms with Crippen molar-refractivity contribution in [2.24, 2.45) is 5.73 Å². The average molecular weight is 327 g/mol. The van der Waals surface area contributed by atoms with E-state index < -0.39 is 0 Å². The van der Waals surface area contributed by atoms with Gasteiger partial charge in [-0.15, -0.1) is 0 Å². The number of nitrogens with one attached hydrogen (secondary N) is 1. The SMILES string of the molecule is N=C(N)c1ccc(Oc2ccc(Cl)cc2Br)cn1. The molecule has 0 saturated carbocycles. The van der Waals surface area contributed by atoms with Crippen LogP contribution < -0.4 is 10.5 Å². The van der Waals surface area contributed by atoms with Gasteiger partial charge >= 0.3 is 0 Å². The van der Waals surface area contributed by atoms with Crippen LogP contribution in [0.1, 0.15) is 5.69 Å². The summed E-state index contributed by atoms with van der Waals surface area (Å²) in [4.78, 5) is 4.01. The molecule has 0 spiro atoms. The number of aromatic nitrogens is 1. The van der Waals surface area contributed by atoms with Crippen molar-refractivity contribution >= 4 is 33.4 Å². The molecule has 1 heterocycles. The lowest BCUT2D eigenvalue weighted by Gasteiger charge is -2.08. The summed E-state index contributed by atoms with van der Waals surface area (Å²) in [5.74, 6) is 1.12. The average Bonchev–Trinajstić information content (AvgIpc) is 2.33. The zero-order chi connectivity index (χ0) is 13.1. The quantitative estimate of drug-likeness (QED) is 0.669. The standard InChI is InChI=1S/C12H9BrClN3O/c13-9-5-7(14)1-4-11(9)18-8-2-3-10(12(15)16)17-6-8/h1-6H,(H3,15,16). The number of nitrogen functional groups attached to an aromatic ring is 1. The fourth-order valence-electron chi connectivity index (χ4n) is 1.28. The minimum absolute atomic E-state index is 0.0748. The molecule has 0 unspecified atom stereocenters. The Bertz CT molecular complexity index is 586. The van der Waals surface area contributed by atoms with Gasteiger partial charge in [0, 0.05) is 5.02 Å². The Kier molecular flexibility index (Phi) is 3.84. The predicted octanol–water partition coefficient (Wildman–Crippen LogP) is 3.57. The highest BCUT2D eigenvalue weighted by Gasteiger charge is 2.04. The number of rotatable bonds is 3. The fourth-order valence-corrected chi connectivity index (χ4v) is 2.05. The van der Waals surface area contributed by atoms with E-state index in [0.717, 1.165) is 4.47 Å². The molecule has 6 heteroatoms. The molecular formula is C12H9BrClN3O. The molecule has 0 aliphatic carbocycles. The number of nitrogens with two attached hydrogens (primary N) is 1. The van der Waals surface area contributed by atoms with Crippen molar-refractivity contribution in [3.05, 3.63) is 51.7 Å². The van der Waals surface area contributed by atoms with Gasteiger partial charge < -0.3 is 10.5 Å². The molecule has 0 fully saturated rings. The molecular weight excluding hydrogens is 318 g/mol. The topological polar surface area (TPSA) is 72.0 Å². The van der Waals surface area contributed by atoms with E-state index in [1.165, 1.54) is 6.20 Å². The van der Waals surface area contributed by atoms with E-state index >= 15 is 0 Å². The molecule has 2 aromatic rings. The molecule has 0 bridgehead atoms. The number of hydrogen-bond donors (Lipinski definition) is 2. The zero-order valence-corrected chi connectivity index (χ0v) is 11.5. The molecule has 92 valence electrons. The minimum atomic E-state index is -0.0748. The Morgan fingerprint density at radius 2 is 2.11 bits per heavy atom. The van der Waals surface area contributed by atoms with Gasteiger partial charge in [0.2, 0.25) is 0 Å². The number of amidine groups is 1. The highest BCUT2D eigenvalue weighted by molar-refractivity contribution is 9.10. The van der Waals surface area contributed by atoms with Gasteiger partial charge in [0.05, 0.1) is 10.7 Å². The molecule has 18 heavy (non-hydrogen) atoms. The molecule has 0 aliphatic rings. The summed E-state index contributed by atoms with van der Waals surface area (Å²) >= 11 is 9.20. The van der Waals surface area contributed by atoms with Gasteiger partial charge in [0.1, 0.15) is 23.0 Å². The summed E-state index contributed by atoms with van der Waals surface area (Å²) in [5.41, 5.74) is 5.73.